The number of hydrogen-bond acceptors (Lipinski definition) is 3. The fourth-order valence-corrected chi connectivity index (χ4v) is 1.33. The Kier molecular flexibility index (Phi) is 6.05. The normalized spacial score (nSPS) is 9.94. The van der Waals surface area contributed by atoms with E-state index in [0.29, 0.717) is 18.8 Å². The number of ether oxygens (including phenoxy) is 1. The van der Waals surface area contributed by atoms with Crippen molar-refractivity contribution in [2.45, 2.75) is 19.8 Å². The van der Waals surface area contributed by atoms with Gasteiger partial charge in [0.1, 0.15) is 11.9 Å². The lowest BCUT2D eigenvalue weighted by Gasteiger charge is -2.07. The quantitative estimate of drug-likeness (QED) is 0.740. The van der Waals surface area contributed by atoms with Gasteiger partial charge in [0.2, 0.25) is 0 Å². The molecule has 92 valence electrons. The van der Waals surface area contributed by atoms with E-state index >= 15 is 0 Å². The summed E-state index contributed by atoms with van der Waals surface area (Å²) in [6.07, 6.45) is 2.18. The number of unbranched alkanes of at least 4 members (excludes halogenated alkanes) is 1. The van der Waals surface area contributed by atoms with Gasteiger partial charge in [-0.05, 0) is 24.6 Å². The predicted octanol–water partition coefficient (Wildman–Crippen LogP) is 2.93. The van der Waals surface area contributed by atoms with E-state index in [-0.39, 0.29) is 5.56 Å². The summed E-state index contributed by atoms with van der Waals surface area (Å²) in [6.45, 7) is 4.11. The summed E-state index contributed by atoms with van der Waals surface area (Å²) < 4.78 is 18.6. The van der Waals surface area contributed by atoms with Gasteiger partial charge in [-0.3, -0.25) is 0 Å². The molecule has 3 nitrogen and oxygen atoms in total. The predicted molar refractivity (Wildman–Crippen MR) is 65.3 cm³/mol. The summed E-state index contributed by atoms with van der Waals surface area (Å²) >= 11 is 0. The minimum Gasteiger partial charge on any atom is -0.383 e. The molecule has 0 aliphatic rings. The van der Waals surface area contributed by atoms with Crippen LogP contribution in [0, 0.1) is 17.1 Å². The minimum absolute atomic E-state index is 0.0646. The Bertz CT molecular complexity index is 387. The molecule has 0 saturated heterocycles. The van der Waals surface area contributed by atoms with Crippen molar-refractivity contribution in [1.29, 1.82) is 5.26 Å². The smallest absolute Gasteiger partial charge is 0.143 e. The Labute approximate surface area is 101 Å². The number of nitriles is 1. The summed E-state index contributed by atoms with van der Waals surface area (Å²) in [5, 5.41) is 11.6. The van der Waals surface area contributed by atoms with Gasteiger partial charge in [0.05, 0.1) is 12.2 Å². The van der Waals surface area contributed by atoms with Gasteiger partial charge in [-0.25, -0.2) is 4.39 Å². The molecule has 17 heavy (non-hydrogen) atoms. The minimum atomic E-state index is -0.496. The number of halogens is 1. The second kappa shape index (κ2) is 7.64. The van der Waals surface area contributed by atoms with Crippen molar-refractivity contribution in [3.8, 4) is 6.07 Å². The maximum atomic E-state index is 13.2. The third kappa shape index (κ3) is 4.83. The molecule has 0 amide bonds. The first-order valence-electron chi connectivity index (χ1n) is 5.79. The third-order valence-electron chi connectivity index (χ3n) is 2.31. The Hall–Kier alpha value is -1.60. The van der Waals surface area contributed by atoms with Gasteiger partial charge in [-0.15, -0.1) is 0 Å². The van der Waals surface area contributed by atoms with E-state index in [1.807, 2.05) is 0 Å². The second-order valence-electron chi connectivity index (χ2n) is 3.70. The van der Waals surface area contributed by atoms with Crippen molar-refractivity contribution < 1.29 is 9.13 Å². The van der Waals surface area contributed by atoms with Gasteiger partial charge in [0, 0.05) is 18.8 Å². The zero-order valence-electron chi connectivity index (χ0n) is 10.0. The summed E-state index contributed by atoms with van der Waals surface area (Å²) in [5.41, 5.74) is 0.732. The van der Waals surface area contributed by atoms with Gasteiger partial charge in [0.15, 0.2) is 0 Å². The first-order valence-corrected chi connectivity index (χ1v) is 5.79. The maximum absolute atomic E-state index is 13.2. The third-order valence-corrected chi connectivity index (χ3v) is 2.31. The number of nitrogens with zero attached hydrogens (tertiary/aromatic N) is 1. The van der Waals surface area contributed by atoms with Gasteiger partial charge < -0.3 is 10.1 Å². The topological polar surface area (TPSA) is 45.0 Å². The molecule has 0 unspecified atom stereocenters. The van der Waals surface area contributed by atoms with E-state index in [0.717, 1.165) is 19.4 Å². The molecule has 1 aromatic carbocycles. The molecule has 0 bridgehead atoms. The largest absolute Gasteiger partial charge is 0.383 e. The molecular weight excluding hydrogens is 219 g/mol. The fourth-order valence-electron chi connectivity index (χ4n) is 1.33. The molecule has 0 radical (unpaired) electrons. The van der Waals surface area contributed by atoms with Gasteiger partial charge in [-0.1, -0.05) is 13.3 Å². The van der Waals surface area contributed by atoms with Crippen LogP contribution in [0.1, 0.15) is 25.3 Å². The van der Waals surface area contributed by atoms with E-state index in [4.69, 9.17) is 10.00 Å². The number of hydrogen-bond donors (Lipinski definition) is 1. The van der Waals surface area contributed by atoms with Gasteiger partial charge >= 0.3 is 0 Å². The van der Waals surface area contributed by atoms with E-state index in [2.05, 4.69) is 12.2 Å². The van der Waals surface area contributed by atoms with E-state index in [1.165, 1.54) is 12.1 Å². The van der Waals surface area contributed by atoms with E-state index in [9.17, 15) is 4.39 Å². The molecule has 0 saturated carbocycles. The van der Waals surface area contributed by atoms with Crippen molar-refractivity contribution in [3.05, 3.63) is 29.6 Å². The molecule has 1 aromatic rings. The average Bonchev–Trinajstić information content (AvgIpc) is 2.34. The lowest BCUT2D eigenvalue weighted by atomic mass is 10.2. The SMILES string of the molecule is CCCCOCCNc1ccc(C#N)c(F)c1. The second-order valence-corrected chi connectivity index (χ2v) is 3.70. The van der Waals surface area contributed by atoms with Crippen LogP contribution in [0.4, 0.5) is 10.1 Å². The molecular formula is C13H17FN2O. The number of nitrogens with one attached hydrogen (secondary N) is 1. The maximum Gasteiger partial charge on any atom is 0.143 e. The lowest BCUT2D eigenvalue weighted by Crippen LogP contribution is -2.10. The Balaban J connectivity index is 2.28. The number of benzene rings is 1. The molecule has 0 fully saturated rings. The van der Waals surface area contributed by atoms with Gasteiger partial charge in [0.25, 0.3) is 0 Å². The van der Waals surface area contributed by atoms with Crippen molar-refractivity contribution in [3.63, 3.8) is 0 Å². The van der Waals surface area contributed by atoms with Crippen molar-refractivity contribution in [2.24, 2.45) is 0 Å². The Morgan fingerprint density at radius 1 is 1.41 bits per heavy atom. The molecule has 0 aliphatic carbocycles. The summed E-state index contributed by atoms with van der Waals surface area (Å²) in [6, 6.07) is 6.27. The van der Waals surface area contributed by atoms with Crippen molar-refractivity contribution in [1.82, 2.24) is 0 Å². The fraction of sp³-hybridized carbons (Fsp3) is 0.462. The molecule has 0 aromatic heterocycles. The summed E-state index contributed by atoms with van der Waals surface area (Å²) in [7, 11) is 0. The van der Waals surface area contributed by atoms with Crippen LogP contribution in [0.2, 0.25) is 0 Å². The molecule has 4 heteroatoms. The average molecular weight is 236 g/mol. The molecule has 0 atom stereocenters. The van der Waals surface area contributed by atoms with E-state index in [1.54, 1.807) is 12.1 Å². The summed E-state index contributed by atoms with van der Waals surface area (Å²) in [4.78, 5) is 0. The highest BCUT2D eigenvalue weighted by atomic mass is 19.1. The summed E-state index contributed by atoms with van der Waals surface area (Å²) in [5.74, 6) is -0.496. The first kappa shape index (κ1) is 13.5. The Morgan fingerprint density at radius 2 is 2.24 bits per heavy atom. The highest BCUT2D eigenvalue weighted by Crippen LogP contribution is 2.13. The van der Waals surface area contributed by atoms with Crippen LogP contribution >= 0.6 is 0 Å². The number of anilines is 1. The van der Waals surface area contributed by atoms with Crippen LogP contribution in [-0.2, 0) is 4.74 Å². The zero-order valence-corrected chi connectivity index (χ0v) is 10.0. The lowest BCUT2D eigenvalue weighted by molar-refractivity contribution is 0.141. The molecule has 1 rings (SSSR count). The van der Waals surface area contributed by atoms with Crippen molar-refractivity contribution in [2.75, 3.05) is 25.1 Å². The van der Waals surface area contributed by atoms with Gasteiger partial charge in [-0.2, -0.15) is 5.26 Å². The standard InChI is InChI=1S/C13H17FN2O/c1-2-3-7-17-8-6-16-12-5-4-11(10-15)13(14)9-12/h4-5,9,16H,2-3,6-8H2,1H3. The molecule has 0 aliphatic heterocycles. The van der Waals surface area contributed by atoms with Crippen LogP contribution in [0.15, 0.2) is 18.2 Å². The molecule has 0 heterocycles. The number of rotatable bonds is 7. The Morgan fingerprint density at radius 3 is 2.88 bits per heavy atom. The zero-order chi connectivity index (χ0) is 12.5. The molecule has 1 N–H and O–H groups in total. The van der Waals surface area contributed by atoms with Crippen LogP contribution in [-0.4, -0.2) is 19.8 Å². The van der Waals surface area contributed by atoms with Crippen LogP contribution < -0.4 is 5.32 Å². The highest BCUT2D eigenvalue weighted by molar-refractivity contribution is 5.48. The van der Waals surface area contributed by atoms with Crippen LogP contribution in [0.25, 0.3) is 0 Å². The molecule has 0 spiro atoms. The van der Waals surface area contributed by atoms with E-state index < -0.39 is 5.82 Å². The highest BCUT2D eigenvalue weighted by Gasteiger charge is 2.01. The first-order chi connectivity index (χ1) is 8.27. The van der Waals surface area contributed by atoms with Crippen molar-refractivity contribution >= 4 is 5.69 Å². The van der Waals surface area contributed by atoms with Crippen LogP contribution in [0.3, 0.4) is 0 Å². The monoisotopic (exact) mass is 236 g/mol. The van der Waals surface area contributed by atoms with Crippen LogP contribution in [0.5, 0.6) is 0 Å².